The molecule has 0 saturated heterocycles. The van der Waals surface area contributed by atoms with Crippen LogP contribution in [0.25, 0.3) is 10.9 Å². The van der Waals surface area contributed by atoms with Crippen molar-refractivity contribution in [3.05, 3.63) is 53.7 Å². The van der Waals surface area contributed by atoms with Gasteiger partial charge in [0.1, 0.15) is 6.54 Å². The molecule has 30 heavy (non-hydrogen) atoms. The van der Waals surface area contributed by atoms with Crippen LogP contribution in [0, 0.1) is 0 Å². The molecule has 1 aliphatic rings. The van der Waals surface area contributed by atoms with E-state index in [9.17, 15) is 9.59 Å². The Labute approximate surface area is 175 Å². The van der Waals surface area contributed by atoms with E-state index in [1.54, 1.807) is 14.2 Å². The van der Waals surface area contributed by atoms with Crippen LogP contribution < -0.4 is 14.8 Å². The Hall–Kier alpha value is -3.48. The van der Waals surface area contributed by atoms with Crippen molar-refractivity contribution in [1.29, 1.82) is 0 Å². The molecule has 0 radical (unpaired) electrons. The summed E-state index contributed by atoms with van der Waals surface area (Å²) >= 11 is 0. The van der Waals surface area contributed by atoms with Crippen molar-refractivity contribution < 1.29 is 19.1 Å². The van der Waals surface area contributed by atoms with Crippen molar-refractivity contribution in [2.24, 2.45) is 0 Å². The van der Waals surface area contributed by atoms with Gasteiger partial charge in [-0.3, -0.25) is 9.59 Å². The quantitative estimate of drug-likeness (QED) is 0.705. The smallest absolute Gasteiger partial charge is 0.242 e. The van der Waals surface area contributed by atoms with Crippen LogP contribution in [0.4, 0.5) is 5.69 Å². The Bertz CT molecular complexity index is 1120. The highest BCUT2D eigenvalue weighted by Gasteiger charge is 2.23. The van der Waals surface area contributed by atoms with Gasteiger partial charge in [-0.25, -0.2) is 0 Å². The van der Waals surface area contributed by atoms with Gasteiger partial charge in [0.15, 0.2) is 11.5 Å². The fourth-order valence-electron chi connectivity index (χ4n) is 4.00. The number of benzene rings is 2. The molecule has 0 spiro atoms. The van der Waals surface area contributed by atoms with Crippen LogP contribution in [0.15, 0.2) is 42.6 Å². The standard InChI is InChI=1S/C23H25N3O4/c1-15(27)24-19-5-4-6-20-18(19)8-10-25(20)14-23(28)26-9-7-16-11-21(29-2)22(30-3)12-17(16)13-26/h4-6,8,10-12H,7,9,13-14H2,1-3H3,(H,24,27). The van der Waals surface area contributed by atoms with Gasteiger partial charge in [0.05, 0.1) is 25.4 Å². The molecule has 1 N–H and O–H groups in total. The number of rotatable bonds is 5. The summed E-state index contributed by atoms with van der Waals surface area (Å²) < 4.78 is 12.7. The fraction of sp³-hybridized carbons (Fsp3) is 0.304. The fourth-order valence-corrected chi connectivity index (χ4v) is 4.00. The number of anilines is 1. The van der Waals surface area contributed by atoms with E-state index in [2.05, 4.69) is 5.32 Å². The monoisotopic (exact) mass is 407 g/mol. The van der Waals surface area contributed by atoms with Crippen molar-refractivity contribution in [3.63, 3.8) is 0 Å². The zero-order chi connectivity index (χ0) is 21.3. The highest BCUT2D eigenvalue weighted by molar-refractivity contribution is 6.01. The van der Waals surface area contributed by atoms with Gasteiger partial charge in [0.2, 0.25) is 11.8 Å². The van der Waals surface area contributed by atoms with Gasteiger partial charge in [-0.15, -0.1) is 0 Å². The Morgan fingerprint density at radius 2 is 1.80 bits per heavy atom. The van der Waals surface area contributed by atoms with Crippen LogP contribution in [0.3, 0.4) is 0 Å². The summed E-state index contributed by atoms with van der Waals surface area (Å²) in [7, 11) is 3.24. The second-order valence-electron chi connectivity index (χ2n) is 7.40. The van der Waals surface area contributed by atoms with Gasteiger partial charge >= 0.3 is 0 Å². The number of fused-ring (bicyclic) bond motifs is 2. The lowest BCUT2D eigenvalue weighted by Gasteiger charge is -2.30. The first-order chi connectivity index (χ1) is 14.5. The first kappa shape index (κ1) is 19.8. The molecule has 0 atom stereocenters. The summed E-state index contributed by atoms with van der Waals surface area (Å²) in [5.74, 6) is 1.32. The molecule has 1 aliphatic heterocycles. The van der Waals surface area contributed by atoms with Crippen molar-refractivity contribution in [3.8, 4) is 11.5 Å². The van der Waals surface area contributed by atoms with Crippen LogP contribution >= 0.6 is 0 Å². The third-order valence-corrected chi connectivity index (χ3v) is 5.50. The minimum absolute atomic E-state index is 0.0536. The second-order valence-corrected chi connectivity index (χ2v) is 7.40. The van der Waals surface area contributed by atoms with Gasteiger partial charge < -0.3 is 24.3 Å². The first-order valence-electron chi connectivity index (χ1n) is 9.87. The molecule has 0 saturated carbocycles. The van der Waals surface area contributed by atoms with Crippen molar-refractivity contribution >= 4 is 28.4 Å². The maximum absolute atomic E-state index is 13.0. The Morgan fingerprint density at radius 3 is 2.50 bits per heavy atom. The lowest BCUT2D eigenvalue weighted by atomic mass is 9.98. The zero-order valence-electron chi connectivity index (χ0n) is 17.4. The maximum atomic E-state index is 13.0. The van der Waals surface area contributed by atoms with E-state index in [1.165, 1.54) is 12.5 Å². The zero-order valence-corrected chi connectivity index (χ0v) is 17.4. The highest BCUT2D eigenvalue weighted by Crippen LogP contribution is 2.33. The average molecular weight is 407 g/mol. The molecular formula is C23H25N3O4. The molecule has 0 bridgehead atoms. The van der Waals surface area contributed by atoms with E-state index in [0.717, 1.165) is 28.6 Å². The molecule has 1 aromatic heterocycles. The molecule has 156 valence electrons. The minimum atomic E-state index is -0.120. The molecule has 2 heterocycles. The number of aromatic nitrogens is 1. The van der Waals surface area contributed by atoms with E-state index in [1.807, 2.05) is 52.1 Å². The molecule has 0 unspecified atom stereocenters. The van der Waals surface area contributed by atoms with Crippen molar-refractivity contribution in [1.82, 2.24) is 9.47 Å². The molecule has 2 aromatic carbocycles. The Balaban J connectivity index is 1.53. The summed E-state index contributed by atoms with van der Waals surface area (Å²) in [5.41, 5.74) is 3.93. The molecule has 0 aliphatic carbocycles. The predicted octanol–water partition coefficient (Wildman–Crippen LogP) is 3.20. The molecule has 0 fully saturated rings. The maximum Gasteiger partial charge on any atom is 0.242 e. The summed E-state index contributed by atoms with van der Waals surface area (Å²) in [4.78, 5) is 26.4. The van der Waals surface area contributed by atoms with Crippen LogP contribution in [-0.4, -0.2) is 42.0 Å². The van der Waals surface area contributed by atoms with E-state index in [4.69, 9.17) is 9.47 Å². The van der Waals surface area contributed by atoms with E-state index in [0.29, 0.717) is 24.6 Å². The lowest BCUT2D eigenvalue weighted by molar-refractivity contribution is -0.132. The van der Waals surface area contributed by atoms with Crippen molar-refractivity contribution in [2.75, 3.05) is 26.1 Å². The largest absolute Gasteiger partial charge is 0.493 e. The second kappa shape index (κ2) is 8.10. The number of ether oxygens (including phenoxy) is 2. The number of methoxy groups -OCH3 is 2. The number of carbonyl (C=O) groups excluding carboxylic acids is 2. The SMILES string of the molecule is COc1cc2c(cc1OC)CN(C(=O)Cn1ccc3c(NC(C)=O)cccc31)CC2. The third-order valence-electron chi connectivity index (χ3n) is 5.50. The van der Waals surface area contributed by atoms with E-state index >= 15 is 0 Å². The summed E-state index contributed by atoms with van der Waals surface area (Å²) in [6.45, 7) is 2.94. The molecule has 3 aromatic rings. The van der Waals surface area contributed by atoms with Gasteiger partial charge in [-0.1, -0.05) is 6.07 Å². The number of carbonyl (C=O) groups is 2. The third kappa shape index (κ3) is 3.70. The van der Waals surface area contributed by atoms with Gasteiger partial charge in [-0.2, -0.15) is 0 Å². The summed E-state index contributed by atoms with van der Waals surface area (Å²) in [6, 6.07) is 11.6. The van der Waals surface area contributed by atoms with Gasteiger partial charge in [0, 0.05) is 31.6 Å². The number of nitrogens with one attached hydrogen (secondary N) is 1. The number of amides is 2. The average Bonchev–Trinajstić information content (AvgIpc) is 3.15. The normalized spacial score (nSPS) is 13.1. The summed E-state index contributed by atoms with van der Waals surface area (Å²) in [6.07, 6.45) is 2.67. The first-order valence-corrected chi connectivity index (χ1v) is 9.87. The van der Waals surface area contributed by atoms with Gasteiger partial charge in [-0.05, 0) is 47.9 Å². The van der Waals surface area contributed by atoms with Crippen LogP contribution in [-0.2, 0) is 29.1 Å². The highest BCUT2D eigenvalue weighted by atomic mass is 16.5. The van der Waals surface area contributed by atoms with E-state index < -0.39 is 0 Å². The van der Waals surface area contributed by atoms with E-state index in [-0.39, 0.29) is 18.4 Å². The number of hydrogen-bond acceptors (Lipinski definition) is 4. The molecule has 2 amide bonds. The predicted molar refractivity (Wildman–Crippen MR) is 115 cm³/mol. The van der Waals surface area contributed by atoms with Crippen molar-refractivity contribution in [2.45, 2.75) is 26.4 Å². The number of nitrogens with zero attached hydrogens (tertiary/aromatic N) is 2. The van der Waals surface area contributed by atoms with Crippen LogP contribution in [0.1, 0.15) is 18.1 Å². The Morgan fingerprint density at radius 1 is 1.07 bits per heavy atom. The molecule has 4 rings (SSSR count). The molecular weight excluding hydrogens is 382 g/mol. The lowest BCUT2D eigenvalue weighted by Crippen LogP contribution is -2.37. The number of hydrogen-bond donors (Lipinski definition) is 1. The van der Waals surface area contributed by atoms with Gasteiger partial charge in [0.25, 0.3) is 0 Å². The summed E-state index contributed by atoms with van der Waals surface area (Å²) in [5, 5.41) is 3.76. The minimum Gasteiger partial charge on any atom is -0.493 e. The Kier molecular flexibility index (Phi) is 5.35. The topological polar surface area (TPSA) is 72.8 Å². The molecule has 7 nitrogen and oxygen atoms in total. The van der Waals surface area contributed by atoms with Crippen LogP contribution in [0.5, 0.6) is 11.5 Å². The van der Waals surface area contributed by atoms with Crippen LogP contribution in [0.2, 0.25) is 0 Å². The molecule has 7 heteroatoms.